The number of carboxylic acids is 1. The molecule has 1 fully saturated rings. The number of carboxylic acid groups (broad SMARTS) is 1. The van der Waals surface area contributed by atoms with E-state index in [0.717, 1.165) is 31.2 Å². The molecule has 1 aliphatic rings. The van der Waals surface area contributed by atoms with Crippen LogP contribution in [0.2, 0.25) is 0 Å². The molecular formula is C28H45N5O6. The molecule has 0 aliphatic heterocycles. The van der Waals surface area contributed by atoms with Crippen LogP contribution < -0.4 is 27.4 Å². The molecule has 5 atom stereocenters. The number of hydrogen-bond donors (Lipinski definition) is 6. The summed E-state index contributed by atoms with van der Waals surface area (Å²) in [5.41, 5.74) is 12.4. The lowest BCUT2D eigenvalue weighted by atomic mass is 9.85. The highest BCUT2D eigenvalue weighted by molar-refractivity contribution is 5.89. The molecule has 1 aromatic rings. The normalized spacial score (nSPS) is 19.3. The van der Waals surface area contributed by atoms with E-state index in [2.05, 4.69) is 22.9 Å². The van der Waals surface area contributed by atoms with Gasteiger partial charge in [0.1, 0.15) is 24.7 Å². The summed E-state index contributed by atoms with van der Waals surface area (Å²) in [5, 5.41) is 17.6. The van der Waals surface area contributed by atoms with E-state index in [4.69, 9.17) is 16.2 Å². The summed E-state index contributed by atoms with van der Waals surface area (Å²) in [6.07, 6.45) is 6.32. The van der Waals surface area contributed by atoms with Gasteiger partial charge in [-0.25, -0.2) is 9.59 Å². The van der Waals surface area contributed by atoms with Crippen molar-refractivity contribution in [2.75, 3.05) is 6.54 Å². The Kier molecular flexibility index (Phi) is 14.3. The highest BCUT2D eigenvalue weighted by atomic mass is 16.5. The smallest absolute Gasteiger partial charge is 0.326 e. The number of esters is 1. The number of carbonyl (C=O) groups is 4. The molecule has 3 unspecified atom stereocenters. The van der Waals surface area contributed by atoms with Gasteiger partial charge in [0.05, 0.1) is 0 Å². The first-order valence-corrected chi connectivity index (χ1v) is 14.0. The first kappa shape index (κ1) is 32.0. The van der Waals surface area contributed by atoms with Gasteiger partial charge < -0.3 is 37.3 Å². The van der Waals surface area contributed by atoms with Gasteiger partial charge in [-0.1, -0.05) is 50.1 Å². The number of hydrogen-bond acceptors (Lipinski definition) is 7. The molecule has 0 saturated heterocycles. The Morgan fingerprint density at radius 2 is 1.64 bits per heavy atom. The molecule has 1 aliphatic carbocycles. The maximum atomic E-state index is 13.2. The van der Waals surface area contributed by atoms with Gasteiger partial charge in [-0.2, -0.15) is 0 Å². The summed E-state index contributed by atoms with van der Waals surface area (Å²) in [7, 11) is 0. The fourth-order valence-electron chi connectivity index (χ4n) is 4.69. The SMILES string of the molecule is CC1CCCCC1NC(=O)[C@@H](CCCC(N)C(=O)OCc1ccccc1)NC(=O)N[C@@H](CCCCN)C(=O)O. The van der Waals surface area contributed by atoms with Crippen molar-refractivity contribution in [3.05, 3.63) is 35.9 Å². The van der Waals surface area contributed by atoms with E-state index in [1.807, 2.05) is 30.3 Å². The van der Waals surface area contributed by atoms with E-state index in [1.165, 1.54) is 0 Å². The number of amides is 3. The predicted molar refractivity (Wildman–Crippen MR) is 147 cm³/mol. The zero-order chi connectivity index (χ0) is 28.6. The number of benzene rings is 1. The summed E-state index contributed by atoms with van der Waals surface area (Å²) in [4.78, 5) is 49.8. The van der Waals surface area contributed by atoms with Gasteiger partial charge in [-0.05, 0) is 69.4 Å². The lowest BCUT2D eigenvalue weighted by Crippen LogP contribution is -2.55. The van der Waals surface area contributed by atoms with E-state index in [0.29, 0.717) is 31.7 Å². The Labute approximate surface area is 230 Å². The molecule has 3 amide bonds. The third kappa shape index (κ3) is 12.0. The van der Waals surface area contributed by atoms with Crippen molar-refractivity contribution in [1.82, 2.24) is 16.0 Å². The van der Waals surface area contributed by atoms with Crippen LogP contribution in [0, 0.1) is 5.92 Å². The van der Waals surface area contributed by atoms with Crippen LogP contribution in [0.5, 0.6) is 0 Å². The molecule has 1 aromatic carbocycles. The zero-order valence-electron chi connectivity index (χ0n) is 22.9. The first-order chi connectivity index (χ1) is 18.7. The highest BCUT2D eigenvalue weighted by Crippen LogP contribution is 2.24. The van der Waals surface area contributed by atoms with Crippen molar-refractivity contribution in [3.8, 4) is 0 Å². The Hall–Kier alpha value is -3.18. The summed E-state index contributed by atoms with van der Waals surface area (Å²) in [5.74, 6) is -1.70. The van der Waals surface area contributed by atoms with Gasteiger partial charge >= 0.3 is 18.0 Å². The molecule has 2 rings (SSSR count). The maximum Gasteiger partial charge on any atom is 0.326 e. The Balaban J connectivity index is 1.94. The van der Waals surface area contributed by atoms with Crippen molar-refractivity contribution in [2.24, 2.45) is 17.4 Å². The molecule has 0 bridgehead atoms. The minimum Gasteiger partial charge on any atom is -0.480 e. The Morgan fingerprint density at radius 3 is 2.31 bits per heavy atom. The van der Waals surface area contributed by atoms with Crippen molar-refractivity contribution in [3.63, 3.8) is 0 Å². The first-order valence-electron chi connectivity index (χ1n) is 14.0. The molecule has 8 N–H and O–H groups in total. The van der Waals surface area contributed by atoms with Crippen LogP contribution in [0.4, 0.5) is 4.79 Å². The molecule has 0 aromatic heterocycles. The van der Waals surface area contributed by atoms with Crippen LogP contribution in [0.15, 0.2) is 30.3 Å². The predicted octanol–water partition coefficient (Wildman–Crippen LogP) is 2.17. The minimum absolute atomic E-state index is 0.0110. The summed E-state index contributed by atoms with van der Waals surface area (Å²) >= 11 is 0. The summed E-state index contributed by atoms with van der Waals surface area (Å²) in [6, 6.07) is 5.67. The average Bonchev–Trinajstić information content (AvgIpc) is 2.92. The van der Waals surface area contributed by atoms with Gasteiger partial charge in [-0.15, -0.1) is 0 Å². The fraction of sp³-hybridized carbons (Fsp3) is 0.643. The van der Waals surface area contributed by atoms with Crippen molar-refractivity contribution >= 4 is 23.9 Å². The molecular weight excluding hydrogens is 502 g/mol. The van der Waals surface area contributed by atoms with Crippen LogP contribution in [0.1, 0.15) is 76.7 Å². The van der Waals surface area contributed by atoms with E-state index in [9.17, 15) is 24.3 Å². The van der Waals surface area contributed by atoms with Gasteiger partial charge in [0.2, 0.25) is 5.91 Å². The second-order valence-electron chi connectivity index (χ2n) is 10.4. The highest BCUT2D eigenvalue weighted by Gasteiger charge is 2.29. The van der Waals surface area contributed by atoms with Crippen LogP contribution >= 0.6 is 0 Å². The molecule has 0 radical (unpaired) electrons. The van der Waals surface area contributed by atoms with Gasteiger partial charge in [-0.3, -0.25) is 9.59 Å². The number of unbranched alkanes of at least 4 members (excludes halogenated alkanes) is 1. The lowest BCUT2D eigenvalue weighted by molar-refractivity contribution is -0.146. The van der Waals surface area contributed by atoms with Crippen LogP contribution in [0.25, 0.3) is 0 Å². The molecule has 218 valence electrons. The molecule has 11 nitrogen and oxygen atoms in total. The number of ether oxygens (including phenoxy) is 1. The maximum absolute atomic E-state index is 13.2. The molecule has 0 spiro atoms. The van der Waals surface area contributed by atoms with Crippen LogP contribution in [-0.2, 0) is 25.7 Å². The second-order valence-corrected chi connectivity index (χ2v) is 10.4. The summed E-state index contributed by atoms with van der Waals surface area (Å²) < 4.78 is 5.29. The number of carbonyl (C=O) groups excluding carboxylic acids is 3. The molecule has 1 saturated carbocycles. The topological polar surface area (TPSA) is 186 Å². The number of nitrogens with two attached hydrogens (primary N) is 2. The van der Waals surface area contributed by atoms with E-state index < -0.39 is 36.1 Å². The molecule has 11 heteroatoms. The van der Waals surface area contributed by atoms with Gasteiger partial charge in [0.15, 0.2) is 0 Å². The number of aliphatic carboxylic acids is 1. The summed E-state index contributed by atoms with van der Waals surface area (Å²) in [6.45, 7) is 2.65. The quantitative estimate of drug-likeness (QED) is 0.134. The third-order valence-corrected chi connectivity index (χ3v) is 7.15. The van der Waals surface area contributed by atoms with Gasteiger partial charge in [0, 0.05) is 6.04 Å². The van der Waals surface area contributed by atoms with E-state index >= 15 is 0 Å². The van der Waals surface area contributed by atoms with Crippen LogP contribution in [-0.4, -0.2) is 59.7 Å². The van der Waals surface area contributed by atoms with Crippen LogP contribution in [0.3, 0.4) is 0 Å². The second kappa shape index (κ2) is 17.4. The lowest BCUT2D eigenvalue weighted by Gasteiger charge is -2.31. The standard InChI is InChI=1S/C28H45N5O6/c1-19-10-5-6-14-22(19)31-25(34)23(32-28(38)33-24(26(35)36)15-7-8-17-29)16-9-13-21(30)27(37)39-18-20-11-3-2-4-12-20/h2-4,11-12,19,21-24H,5-10,13-18,29-30H2,1H3,(H,31,34)(H,35,36)(H2,32,33,38)/t19?,21?,22?,23-,24+/m1/s1. The molecule has 39 heavy (non-hydrogen) atoms. The monoisotopic (exact) mass is 547 g/mol. The number of urea groups is 1. The van der Waals surface area contributed by atoms with Gasteiger partial charge in [0.25, 0.3) is 0 Å². The van der Waals surface area contributed by atoms with Crippen molar-refractivity contribution in [1.29, 1.82) is 0 Å². The van der Waals surface area contributed by atoms with E-state index in [1.54, 1.807) is 0 Å². The minimum atomic E-state index is -1.15. The largest absolute Gasteiger partial charge is 0.480 e. The van der Waals surface area contributed by atoms with E-state index in [-0.39, 0.29) is 37.8 Å². The van der Waals surface area contributed by atoms with Crippen molar-refractivity contribution < 1.29 is 29.0 Å². The molecule has 0 heterocycles. The number of rotatable bonds is 16. The zero-order valence-corrected chi connectivity index (χ0v) is 22.9. The average molecular weight is 548 g/mol. The fourth-order valence-corrected chi connectivity index (χ4v) is 4.69. The van der Waals surface area contributed by atoms with Crippen molar-refractivity contribution in [2.45, 2.75) is 102 Å². The number of nitrogens with one attached hydrogen (secondary N) is 3. The Morgan fingerprint density at radius 1 is 0.974 bits per heavy atom. The third-order valence-electron chi connectivity index (χ3n) is 7.15. The Bertz CT molecular complexity index is 915.